The van der Waals surface area contributed by atoms with Crippen molar-refractivity contribution in [3.05, 3.63) is 11.0 Å². The first kappa shape index (κ1) is 16.4. The van der Waals surface area contributed by atoms with E-state index in [0.29, 0.717) is 12.4 Å². The van der Waals surface area contributed by atoms with Crippen LogP contribution in [0.2, 0.25) is 0 Å². The molecule has 8 heteroatoms. The highest BCUT2D eigenvalue weighted by Crippen LogP contribution is 2.31. The molecule has 2 aliphatic rings. The smallest absolute Gasteiger partial charge is 0.355 e. The van der Waals surface area contributed by atoms with Gasteiger partial charge in [0, 0.05) is 11.4 Å². The predicted molar refractivity (Wildman–Crippen MR) is 85.2 cm³/mol. The van der Waals surface area contributed by atoms with Crippen LogP contribution in [0, 0.1) is 5.92 Å². The van der Waals surface area contributed by atoms with Crippen LogP contribution in [0.25, 0.3) is 0 Å². The SMILES string of the molecule is CCCNC(=O)CSC1=CC=NC2=[N+](C)C(=O)N(C)C(=O)C12. The second-order valence-electron chi connectivity index (χ2n) is 5.02. The average molecular weight is 323 g/mol. The van der Waals surface area contributed by atoms with E-state index >= 15 is 0 Å². The lowest BCUT2D eigenvalue weighted by molar-refractivity contribution is -0.407. The zero-order valence-electron chi connectivity index (χ0n) is 12.8. The van der Waals surface area contributed by atoms with Crippen molar-refractivity contribution in [2.75, 3.05) is 26.4 Å². The zero-order chi connectivity index (χ0) is 16.3. The molecular formula is C14H19N4O3S+. The van der Waals surface area contributed by atoms with Crippen molar-refractivity contribution in [3.63, 3.8) is 0 Å². The molecule has 0 aromatic carbocycles. The highest BCUT2D eigenvalue weighted by Gasteiger charge is 2.46. The summed E-state index contributed by atoms with van der Waals surface area (Å²) in [4.78, 5) is 42.0. The zero-order valence-corrected chi connectivity index (χ0v) is 13.6. The number of allylic oxidation sites excluding steroid dienone is 1. The number of rotatable bonds is 5. The van der Waals surface area contributed by atoms with Gasteiger partial charge in [0.1, 0.15) is 6.21 Å². The van der Waals surface area contributed by atoms with Crippen LogP contribution in [0.1, 0.15) is 13.3 Å². The van der Waals surface area contributed by atoms with Crippen molar-refractivity contribution in [2.24, 2.45) is 10.9 Å². The summed E-state index contributed by atoms with van der Waals surface area (Å²) in [5.41, 5.74) is 0. The maximum Gasteiger partial charge on any atom is 0.445 e. The third-order valence-electron chi connectivity index (χ3n) is 3.43. The van der Waals surface area contributed by atoms with Crippen LogP contribution >= 0.6 is 11.8 Å². The number of imide groups is 1. The highest BCUT2D eigenvalue weighted by atomic mass is 32.2. The van der Waals surface area contributed by atoms with E-state index in [9.17, 15) is 14.4 Å². The summed E-state index contributed by atoms with van der Waals surface area (Å²) in [6.45, 7) is 2.62. The van der Waals surface area contributed by atoms with Crippen LogP contribution in [0.4, 0.5) is 4.79 Å². The van der Waals surface area contributed by atoms with Gasteiger partial charge in [0.25, 0.3) is 5.84 Å². The molecule has 0 bridgehead atoms. The van der Waals surface area contributed by atoms with Crippen molar-refractivity contribution in [1.29, 1.82) is 0 Å². The normalized spacial score (nSPS) is 21.0. The van der Waals surface area contributed by atoms with Gasteiger partial charge in [0.05, 0.1) is 19.8 Å². The minimum atomic E-state index is -0.610. The lowest BCUT2D eigenvalue weighted by atomic mass is 10.0. The van der Waals surface area contributed by atoms with Gasteiger partial charge in [-0.1, -0.05) is 6.92 Å². The molecule has 1 unspecified atom stereocenters. The number of fused-ring (bicyclic) bond motifs is 1. The molecule has 0 aromatic heterocycles. The monoisotopic (exact) mass is 323 g/mol. The van der Waals surface area contributed by atoms with Crippen molar-refractivity contribution in [1.82, 2.24) is 10.2 Å². The summed E-state index contributed by atoms with van der Waals surface area (Å²) in [5.74, 6) is -0.354. The van der Waals surface area contributed by atoms with E-state index in [0.717, 1.165) is 16.2 Å². The Hall–Kier alpha value is -1.96. The number of carbonyl (C=O) groups is 3. The number of aliphatic imine (C=N–C) groups is 1. The van der Waals surface area contributed by atoms with E-state index in [1.807, 2.05) is 6.92 Å². The highest BCUT2D eigenvalue weighted by molar-refractivity contribution is 8.03. The van der Waals surface area contributed by atoms with Crippen LogP contribution < -0.4 is 5.32 Å². The molecule has 22 heavy (non-hydrogen) atoms. The maximum absolute atomic E-state index is 12.4. The quantitative estimate of drug-likeness (QED) is 0.745. The van der Waals surface area contributed by atoms with E-state index < -0.39 is 11.9 Å². The molecular weight excluding hydrogens is 304 g/mol. The van der Waals surface area contributed by atoms with Crippen LogP contribution in [-0.4, -0.2) is 65.8 Å². The molecule has 0 spiro atoms. The number of amides is 4. The van der Waals surface area contributed by atoms with Gasteiger partial charge in [-0.25, -0.2) is 4.79 Å². The second kappa shape index (κ2) is 6.87. The molecule has 7 nitrogen and oxygen atoms in total. The molecule has 1 N–H and O–H groups in total. The summed E-state index contributed by atoms with van der Waals surface area (Å²) in [5, 5.41) is 2.79. The number of carbonyl (C=O) groups excluding carboxylic acids is 3. The molecule has 0 aliphatic carbocycles. The third-order valence-corrected chi connectivity index (χ3v) is 4.54. The van der Waals surface area contributed by atoms with Gasteiger partial charge in [-0.2, -0.15) is 9.48 Å². The van der Waals surface area contributed by atoms with Gasteiger partial charge in [0.2, 0.25) is 5.91 Å². The van der Waals surface area contributed by atoms with Crippen LogP contribution in [0.15, 0.2) is 16.0 Å². The van der Waals surface area contributed by atoms with Gasteiger partial charge in [0.15, 0.2) is 5.92 Å². The van der Waals surface area contributed by atoms with E-state index in [1.54, 1.807) is 19.3 Å². The van der Waals surface area contributed by atoms with Crippen LogP contribution in [0.3, 0.4) is 0 Å². The van der Waals surface area contributed by atoms with E-state index in [2.05, 4.69) is 10.3 Å². The Bertz CT molecular complexity index is 609. The van der Waals surface area contributed by atoms with Gasteiger partial charge >= 0.3 is 11.9 Å². The lowest BCUT2D eigenvalue weighted by Gasteiger charge is -2.26. The fourth-order valence-electron chi connectivity index (χ4n) is 2.20. The van der Waals surface area contributed by atoms with Crippen molar-refractivity contribution in [3.8, 4) is 0 Å². The van der Waals surface area contributed by atoms with Crippen LogP contribution in [0.5, 0.6) is 0 Å². The molecule has 1 atom stereocenters. The molecule has 0 saturated carbocycles. The van der Waals surface area contributed by atoms with E-state index in [4.69, 9.17) is 0 Å². The Kier molecular flexibility index (Phi) is 5.12. The molecule has 0 radical (unpaired) electrons. The summed E-state index contributed by atoms with van der Waals surface area (Å²) >= 11 is 1.30. The lowest BCUT2D eigenvalue weighted by Crippen LogP contribution is -2.52. The number of dihydropyridines is 1. The molecule has 0 aromatic rings. The Balaban J connectivity index is 2.15. The van der Waals surface area contributed by atoms with Gasteiger partial charge in [-0.05, 0) is 12.5 Å². The van der Waals surface area contributed by atoms with Crippen LogP contribution in [-0.2, 0) is 9.59 Å². The molecule has 4 amide bonds. The fourth-order valence-corrected chi connectivity index (χ4v) is 3.13. The van der Waals surface area contributed by atoms with Gasteiger partial charge in [-0.15, -0.1) is 16.8 Å². The van der Waals surface area contributed by atoms with Gasteiger partial charge in [-0.3, -0.25) is 9.59 Å². The number of nitrogens with zero attached hydrogens (tertiary/aromatic N) is 3. The van der Waals surface area contributed by atoms with E-state index in [-0.39, 0.29) is 17.6 Å². The van der Waals surface area contributed by atoms with E-state index in [1.165, 1.54) is 23.4 Å². The first-order chi connectivity index (χ1) is 10.5. The Morgan fingerprint density at radius 3 is 2.91 bits per heavy atom. The number of hydrogen-bond acceptors (Lipinski definition) is 5. The maximum atomic E-state index is 12.4. The standard InChI is InChI=1S/C14H18N4O3S/c1-4-6-15-10(19)8-22-9-5-7-16-12-11(9)13(20)18(3)14(21)17(12)2/h5,7,11H,4,6,8H2,1-3H3/p+1. The molecule has 0 saturated heterocycles. The summed E-state index contributed by atoms with van der Waals surface area (Å²) in [6.07, 6.45) is 4.16. The van der Waals surface area contributed by atoms with Crippen molar-refractivity contribution < 1.29 is 19.0 Å². The average Bonchev–Trinajstić information content (AvgIpc) is 2.53. The number of amidine groups is 1. The molecule has 2 aliphatic heterocycles. The third kappa shape index (κ3) is 3.11. The Morgan fingerprint density at radius 1 is 1.50 bits per heavy atom. The minimum absolute atomic E-state index is 0.0714. The summed E-state index contributed by atoms with van der Waals surface area (Å²) in [7, 11) is 3.04. The number of nitrogens with one attached hydrogen (secondary N) is 1. The Labute approximate surface area is 133 Å². The fraction of sp³-hybridized carbons (Fsp3) is 0.500. The van der Waals surface area contributed by atoms with Crippen molar-refractivity contribution in [2.45, 2.75) is 13.3 Å². The summed E-state index contributed by atoms with van der Waals surface area (Å²) in [6, 6.07) is -0.402. The molecule has 2 heterocycles. The first-order valence-corrected chi connectivity index (χ1v) is 8.01. The number of thioether (sulfide) groups is 1. The van der Waals surface area contributed by atoms with Gasteiger partial charge < -0.3 is 5.32 Å². The topological polar surface area (TPSA) is 81.8 Å². The first-order valence-electron chi connectivity index (χ1n) is 7.03. The largest absolute Gasteiger partial charge is 0.445 e. The number of urea groups is 1. The molecule has 2 rings (SSSR count). The van der Waals surface area contributed by atoms with Crippen molar-refractivity contribution >= 4 is 41.7 Å². The Morgan fingerprint density at radius 2 is 2.23 bits per heavy atom. The molecule has 118 valence electrons. The minimum Gasteiger partial charge on any atom is -0.355 e. The molecule has 0 fully saturated rings. The second-order valence-corrected chi connectivity index (χ2v) is 6.06. The number of hydrogen-bond donors (Lipinski definition) is 1. The predicted octanol–water partition coefficient (Wildman–Crippen LogP) is 0.463. The summed E-state index contributed by atoms with van der Waals surface area (Å²) < 4.78 is 1.37.